The highest BCUT2D eigenvalue weighted by molar-refractivity contribution is 7.65. The van der Waals surface area contributed by atoms with E-state index in [2.05, 4.69) is 0 Å². The van der Waals surface area contributed by atoms with Crippen LogP contribution in [0.4, 0.5) is 0 Å². The van der Waals surface area contributed by atoms with Crippen molar-refractivity contribution >= 4 is 24.3 Å². The first-order valence-electron chi connectivity index (χ1n) is 10.5. The molecule has 4 aromatic carbocycles. The van der Waals surface area contributed by atoms with Gasteiger partial charge in [0.25, 0.3) is 0 Å². The van der Waals surface area contributed by atoms with Crippen LogP contribution in [0.1, 0.15) is 22.3 Å². The topological polar surface area (TPSA) is 37.3 Å². The van der Waals surface area contributed by atoms with Crippen LogP contribution in [-0.4, -0.2) is 5.11 Å². The zero-order valence-electron chi connectivity index (χ0n) is 17.6. The molecule has 0 saturated carbocycles. The van der Waals surface area contributed by atoms with Gasteiger partial charge in [-0.25, -0.2) is 0 Å². The summed E-state index contributed by atoms with van der Waals surface area (Å²) in [5.74, 6) is 1.98. The van der Waals surface area contributed by atoms with Gasteiger partial charge in [0.2, 0.25) is 0 Å². The van der Waals surface area contributed by atoms with Crippen LogP contribution in [0.3, 0.4) is 0 Å². The zero-order valence-corrected chi connectivity index (χ0v) is 19.2. The molecule has 0 amide bonds. The molecule has 0 aliphatic rings. The van der Waals surface area contributed by atoms with Crippen molar-refractivity contribution in [2.45, 2.75) is 12.3 Å². The molecule has 0 radical (unpaired) electrons. The summed E-state index contributed by atoms with van der Waals surface area (Å²) in [6, 6.07) is 34.5. The number of phenolic OH excluding ortho intramolecular Hbond substituents is 1. The van der Waals surface area contributed by atoms with E-state index in [1.165, 1.54) is 0 Å². The molecule has 1 N–H and O–H groups in total. The van der Waals surface area contributed by atoms with Crippen molar-refractivity contribution in [3.05, 3.63) is 142 Å². The van der Waals surface area contributed by atoms with Gasteiger partial charge in [0.05, 0.1) is 0 Å². The third kappa shape index (κ3) is 5.59. The Morgan fingerprint density at radius 2 is 1.25 bits per heavy atom. The summed E-state index contributed by atoms with van der Waals surface area (Å²) in [6.07, 6.45) is 0.862. The normalized spacial score (nSPS) is 12.0. The molecule has 0 aromatic heterocycles. The molecule has 160 valence electrons. The first-order valence-corrected chi connectivity index (χ1v) is 13.0. The Balaban J connectivity index is 1.88. The summed E-state index contributed by atoms with van der Waals surface area (Å²) in [5, 5.41) is 11.2. The van der Waals surface area contributed by atoms with E-state index in [0.717, 1.165) is 22.3 Å². The molecule has 4 rings (SSSR count). The van der Waals surface area contributed by atoms with Crippen LogP contribution in [0.25, 0.3) is 5.57 Å². The van der Waals surface area contributed by atoms with Crippen molar-refractivity contribution in [1.82, 2.24) is 0 Å². The highest BCUT2D eigenvalue weighted by Gasteiger charge is 2.24. The molecule has 0 spiro atoms. The fourth-order valence-electron chi connectivity index (χ4n) is 3.81. The SMILES string of the molecule is O=P(C=C(c1ccccc1)c1cc(Cl)ccc1O)(Cc1ccccc1)Cc1ccccc1. The van der Waals surface area contributed by atoms with Crippen LogP contribution in [0.5, 0.6) is 5.75 Å². The van der Waals surface area contributed by atoms with E-state index in [1.807, 2.05) is 96.8 Å². The lowest BCUT2D eigenvalue weighted by Crippen LogP contribution is -1.95. The van der Waals surface area contributed by atoms with Gasteiger partial charge >= 0.3 is 0 Å². The Morgan fingerprint density at radius 1 is 0.750 bits per heavy atom. The molecule has 0 aliphatic heterocycles. The van der Waals surface area contributed by atoms with E-state index < -0.39 is 7.14 Å². The second kappa shape index (κ2) is 10.0. The lowest BCUT2D eigenvalue weighted by atomic mass is 9.99. The van der Waals surface area contributed by atoms with Gasteiger partial charge in [-0.15, -0.1) is 0 Å². The molecular weight excluding hydrogens is 435 g/mol. The molecule has 4 aromatic rings. The molecule has 32 heavy (non-hydrogen) atoms. The predicted octanol–water partition coefficient (Wildman–Crippen LogP) is 8.20. The Morgan fingerprint density at radius 3 is 1.78 bits per heavy atom. The van der Waals surface area contributed by atoms with Gasteiger partial charge in [-0.2, -0.15) is 0 Å². The third-order valence-corrected chi connectivity index (χ3v) is 8.05. The Kier molecular flexibility index (Phi) is 6.95. The number of rotatable bonds is 7. The summed E-state index contributed by atoms with van der Waals surface area (Å²) < 4.78 is 14.5. The molecule has 0 atom stereocenters. The summed E-state index contributed by atoms with van der Waals surface area (Å²) in [5.41, 5.74) is 4.22. The largest absolute Gasteiger partial charge is 0.507 e. The van der Waals surface area contributed by atoms with Gasteiger partial charge in [-0.1, -0.05) is 103 Å². The van der Waals surface area contributed by atoms with Crippen LogP contribution in [0.2, 0.25) is 5.02 Å². The Bertz CT molecular complexity index is 1210. The summed E-state index contributed by atoms with van der Waals surface area (Å²) in [6.45, 7) is 0. The van der Waals surface area contributed by atoms with Crippen molar-refractivity contribution in [2.24, 2.45) is 0 Å². The van der Waals surface area contributed by atoms with Gasteiger partial charge in [-0.3, -0.25) is 0 Å². The average molecular weight is 459 g/mol. The maximum atomic E-state index is 14.5. The molecule has 0 fully saturated rings. The lowest BCUT2D eigenvalue weighted by Gasteiger charge is -2.19. The van der Waals surface area contributed by atoms with Crippen molar-refractivity contribution in [2.75, 3.05) is 0 Å². The number of aromatic hydroxyl groups is 1. The Hall–Kier alpha value is -3.06. The van der Waals surface area contributed by atoms with Gasteiger partial charge in [0, 0.05) is 22.9 Å². The van der Waals surface area contributed by atoms with Crippen LogP contribution >= 0.6 is 18.7 Å². The Labute approximate surface area is 194 Å². The quantitative estimate of drug-likeness (QED) is 0.283. The molecule has 0 bridgehead atoms. The standard InChI is InChI=1S/C28H24ClO2P/c29-25-16-17-28(30)26(18-25)27(24-14-8-3-9-15-24)21-32(31,19-22-10-4-1-5-11-22)20-23-12-6-2-7-13-23/h1-18,21,30H,19-20H2. The molecule has 0 saturated heterocycles. The van der Waals surface area contributed by atoms with Crippen molar-refractivity contribution in [1.29, 1.82) is 0 Å². The highest BCUT2D eigenvalue weighted by atomic mass is 35.5. The van der Waals surface area contributed by atoms with Gasteiger partial charge in [0.15, 0.2) is 0 Å². The summed E-state index contributed by atoms with van der Waals surface area (Å²) in [4.78, 5) is 0. The smallest absolute Gasteiger partial charge is 0.123 e. The molecule has 0 unspecified atom stereocenters. The molecule has 4 heteroatoms. The van der Waals surface area contributed by atoms with E-state index in [0.29, 0.717) is 22.9 Å². The van der Waals surface area contributed by atoms with Crippen molar-refractivity contribution in [3.8, 4) is 5.75 Å². The van der Waals surface area contributed by atoms with Crippen molar-refractivity contribution < 1.29 is 9.67 Å². The molecule has 0 aliphatic carbocycles. The van der Waals surface area contributed by atoms with Gasteiger partial charge < -0.3 is 9.67 Å². The van der Waals surface area contributed by atoms with E-state index in [9.17, 15) is 9.67 Å². The average Bonchev–Trinajstić information content (AvgIpc) is 2.81. The monoisotopic (exact) mass is 458 g/mol. The number of halogens is 1. The zero-order chi connectivity index (χ0) is 22.4. The maximum Gasteiger partial charge on any atom is 0.123 e. The van der Waals surface area contributed by atoms with Crippen LogP contribution < -0.4 is 0 Å². The number of hydrogen-bond donors (Lipinski definition) is 1. The molecule has 2 nitrogen and oxygen atoms in total. The van der Waals surface area contributed by atoms with E-state index in [1.54, 1.807) is 18.2 Å². The second-order valence-corrected chi connectivity index (χ2v) is 11.0. The number of benzene rings is 4. The van der Waals surface area contributed by atoms with Crippen LogP contribution in [0.15, 0.2) is 115 Å². The predicted molar refractivity (Wildman–Crippen MR) is 135 cm³/mol. The highest BCUT2D eigenvalue weighted by Crippen LogP contribution is 2.56. The van der Waals surface area contributed by atoms with E-state index in [4.69, 9.17) is 11.6 Å². The minimum Gasteiger partial charge on any atom is -0.507 e. The lowest BCUT2D eigenvalue weighted by molar-refractivity contribution is 0.473. The van der Waals surface area contributed by atoms with Crippen molar-refractivity contribution in [3.63, 3.8) is 0 Å². The van der Waals surface area contributed by atoms with Crippen LogP contribution in [0, 0.1) is 0 Å². The summed E-state index contributed by atoms with van der Waals surface area (Å²) >= 11 is 6.27. The molecular formula is C28H24ClO2P. The van der Waals surface area contributed by atoms with Gasteiger partial charge in [-0.05, 0) is 46.3 Å². The van der Waals surface area contributed by atoms with E-state index >= 15 is 0 Å². The fraction of sp³-hybridized carbons (Fsp3) is 0.0714. The fourth-order valence-corrected chi connectivity index (χ4v) is 6.69. The summed E-state index contributed by atoms with van der Waals surface area (Å²) in [7, 11) is -2.90. The minimum atomic E-state index is -2.90. The van der Waals surface area contributed by atoms with Gasteiger partial charge in [0.1, 0.15) is 12.9 Å². The third-order valence-electron chi connectivity index (χ3n) is 5.28. The second-order valence-electron chi connectivity index (χ2n) is 7.81. The van der Waals surface area contributed by atoms with E-state index in [-0.39, 0.29) is 5.75 Å². The number of hydrogen-bond acceptors (Lipinski definition) is 2. The first-order chi connectivity index (χ1) is 15.5. The molecule has 0 heterocycles. The maximum absolute atomic E-state index is 14.5. The first kappa shape index (κ1) is 22.1. The minimum absolute atomic E-state index is 0.107. The van der Waals surface area contributed by atoms with Crippen LogP contribution in [-0.2, 0) is 16.9 Å². The number of phenols is 1.